The maximum atomic E-state index is 4.80. The Labute approximate surface area is 149 Å². The van der Waals surface area contributed by atoms with Gasteiger partial charge in [0.25, 0.3) is 0 Å². The van der Waals surface area contributed by atoms with Crippen LogP contribution >= 0.6 is 0 Å². The molecule has 1 saturated carbocycles. The molecule has 4 heteroatoms. The van der Waals surface area contributed by atoms with Gasteiger partial charge in [-0.2, -0.15) is 5.10 Å². The molecule has 0 spiro atoms. The van der Waals surface area contributed by atoms with Crippen molar-refractivity contribution in [2.45, 2.75) is 57.9 Å². The van der Waals surface area contributed by atoms with Crippen molar-refractivity contribution in [3.05, 3.63) is 35.8 Å². The van der Waals surface area contributed by atoms with Crippen LogP contribution < -0.4 is 5.32 Å². The number of aryl methyl sites for hydroxylation is 1. The Bertz CT molecular complexity index is 845. The molecule has 128 valence electrons. The smallest absolute Gasteiger partial charge is 0.126 e. The molecule has 2 aliphatic rings. The van der Waals surface area contributed by atoms with Gasteiger partial charge < -0.3 is 5.32 Å². The second-order valence-electron chi connectivity index (χ2n) is 6.81. The monoisotopic (exact) mass is 332 g/mol. The number of hydrogen-bond acceptors (Lipinski definition) is 3. The minimum absolute atomic E-state index is 0.560. The fourth-order valence-electron chi connectivity index (χ4n) is 3.71. The van der Waals surface area contributed by atoms with Gasteiger partial charge in [-0.1, -0.05) is 38.2 Å². The zero-order chi connectivity index (χ0) is 17.1. The Kier molecular flexibility index (Phi) is 4.56. The second kappa shape index (κ2) is 7.14. The van der Waals surface area contributed by atoms with Gasteiger partial charge >= 0.3 is 0 Å². The molecule has 3 heterocycles. The summed E-state index contributed by atoms with van der Waals surface area (Å²) in [7, 11) is 0. The molecular weight excluding hydrogens is 308 g/mol. The number of hydrogen-bond donors (Lipinski definition) is 1. The maximum absolute atomic E-state index is 4.80. The van der Waals surface area contributed by atoms with Gasteiger partial charge in [0, 0.05) is 30.4 Å². The number of rotatable bonds is 5. The number of anilines is 1. The minimum atomic E-state index is 0.560. The van der Waals surface area contributed by atoms with Gasteiger partial charge in [-0.25, -0.2) is 9.67 Å². The van der Waals surface area contributed by atoms with E-state index in [1.807, 2.05) is 17.1 Å². The molecule has 0 aromatic carbocycles. The van der Waals surface area contributed by atoms with Crippen molar-refractivity contribution in [3.63, 3.8) is 0 Å². The first-order chi connectivity index (χ1) is 12.3. The molecule has 4 rings (SSSR count). The average Bonchev–Trinajstić information content (AvgIpc) is 3.18. The number of fused-ring (bicyclic) bond motifs is 1. The Morgan fingerprint density at radius 2 is 2.20 bits per heavy atom. The van der Waals surface area contributed by atoms with Crippen molar-refractivity contribution in [1.82, 2.24) is 14.8 Å². The number of allylic oxidation sites excluding steroid dienone is 1. The lowest BCUT2D eigenvalue weighted by Crippen LogP contribution is -2.15. The fourth-order valence-corrected chi connectivity index (χ4v) is 3.71. The lowest BCUT2D eigenvalue weighted by atomic mass is 10.0. The van der Waals surface area contributed by atoms with Crippen LogP contribution in [0.2, 0.25) is 0 Å². The quantitative estimate of drug-likeness (QED) is 0.821. The van der Waals surface area contributed by atoms with Crippen LogP contribution in [0, 0.1) is 11.8 Å². The van der Waals surface area contributed by atoms with Crippen LogP contribution in [0.4, 0.5) is 5.82 Å². The first-order valence-electron chi connectivity index (χ1n) is 9.35. The molecule has 0 bridgehead atoms. The third-order valence-electron chi connectivity index (χ3n) is 4.90. The maximum Gasteiger partial charge on any atom is 0.126 e. The highest BCUT2D eigenvalue weighted by molar-refractivity contribution is 5.75. The van der Waals surface area contributed by atoms with Crippen LogP contribution in [-0.2, 0) is 6.42 Å². The van der Waals surface area contributed by atoms with Crippen LogP contribution in [0.1, 0.15) is 56.8 Å². The van der Waals surface area contributed by atoms with E-state index in [9.17, 15) is 0 Å². The summed E-state index contributed by atoms with van der Waals surface area (Å²) in [6, 6.07) is 4.79. The highest BCUT2D eigenvalue weighted by Crippen LogP contribution is 2.31. The van der Waals surface area contributed by atoms with Crippen LogP contribution in [-0.4, -0.2) is 20.8 Å². The summed E-state index contributed by atoms with van der Waals surface area (Å²) in [4.78, 5) is 4.53. The number of pyridine rings is 1. The molecule has 0 unspecified atom stereocenters. The van der Waals surface area contributed by atoms with E-state index >= 15 is 0 Å². The molecule has 1 aliphatic carbocycles. The van der Waals surface area contributed by atoms with Gasteiger partial charge in [0.15, 0.2) is 0 Å². The second-order valence-corrected chi connectivity index (χ2v) is 6.81. The summed E-state index contributed by atoms with van der Waals surface area (Å²) in [5.41, 5.74) is 4.44. The van der Waals surface area contributed by atoms with Crippen molar-refractivity contribution in [3.8, 4) is 23.0 Å². The predicted molar refractivity (Wildman–Crippen MR) is 102 cm³/mol. The van der Waals surface area contributed by atoms with Crippen LogP contribution in [0.15, 0.2) is 24.4 Å². The normalized spacial score (nSPS) is 16.2. The molecule has 2 aromatic rings. The molecule has 0 atom stereocenters. The zero-order valence-corrected chi connectivity index (χ0v) is 14.8. The van der Waals surface area contributed by atoms with Gasteiger partial charge in [-0.05, 0) is 42.9 Å². The van der Waals surface area contributed by atoms with Gasteiger partial charge in [-0.3, -0.25) is 0 Å². The molecule has 1 aliphatic heterocycles. The summed E-state index contributed by atoms with van der Waals surface area (Å²) < 4.78 is 1.94. The summed E-state index contributed by atoms with van der Waals surface area (Å²) in [5, 5.41) is 8.40. The molecular formula is C21H24N4. The van der Waals surface area contributed by atoms with Crippen molar-refractivity contribution >= 4 is 12.0 Å². The molecule has 0 amide bonds. The molecule has 0 radical (unpaired) electrons. The van der Waals surface area contributed by atoms with Crippen molar-refractivity contribution in [2.24, 2.45) is 0 Å². The van der Waals surface area contributed by atoms with E-state index in [-0.39, 0.29) is 0 Å². The minimum Gasteiger partial charge on any atom is -0.367 e. The van der Waals surface area contributed by atoms with Gasteiger partial charge in [0.1, 0.15) is 11.5 Å². The summed E-state index contributed by atoms with van der Waals surface area (Å²) in [6.07, 6.45) is 13.9. The van der Waals surface area contributed by atoms with Crippen molar-refractivity contribution < 1.29 is 0 Å². The summed E-state index contributed by atoms with van der Waals surface area (Å²) in [5.74, 6) is 7.49. The molecule has 4 nitrogen and oxygen atoms in total. The van der Waals surface area contributed by atoms with Crippen molar-refractivity contribution in [1.29, 1.82) is 0 Å². The summed E-state index contributed by atoms with van der Waals surface area (Å²) in [6.45, 7) is 2.19. The lowest BCUT2D eigenvalue weighted by Gasteiger charge is -2.13. The topological polar surface area (TPSA) is 42.7 Å². The molecule has 25 heavy (non-hydrogen) atoms. The van der Waals surface area contributed by atoms with Crippen LogP contribution in [0.5, 0.6) is 0 Å². The summed E-state index contributed by atoms with van der Waals surface area (Å²) >= 11 is 0. The molecule has 0 saturated heterocycles. The van der Waals surface area contributed by atoms with Gasteiger partial charge in [-0.15, -0.1) is 0 Å². The Balaban J connectivity index is 1.74. The average molecular weight is 332 g/mol. The Hall–Kier alpha value is -2.54. The highest BCUT2D eigenvalue weighted by atomic mass is 15.3. The number of aromatic nitrogens is 3. The lowest BCUT2D eigenvalue weighted by molar-refractivity contribution is 0.750. The molecule has 2 aromatic heterocycles. The fraction of sp³-hybridized carbons (Fsp3) is 0.429. The standard InChI is InChI=1S/C21H24N4/c1-2-8-18-21(19-11-4-3-7-14-25(19)24-18)16-12-13-22-20(15-16)23-17-9-5-6-10-17/h7,12-15,17H,2-3,5-6,8-10H2,1H3,(H,22,23). The Morgan fingerprint density at radius 3 is 3.04 bits per heavy atom. The van der Waals surface area contributed by atoms with E-state index in [1.54, 1.807) is 0 Å². The van der Waals surface area contributed by atoms with E-state index in [0.717, 1.165) is 47.6 Å². The first kappa shape index (κ1) is 16.0. The van der Waals surface area contributed by atoms with E-state index < -0.39 is 0 Å². The third kappa shape index (κ3) is 3.32. The van der Waals surface area contributed by atoms with E-state index in [1.165, 1.54) is 25.7 Å². The van der Waals surface area contributed by atoms with E-state index in [0.29, 0.717) is 6.04 Å². The van der Waals surface area contributed by atoms with Crippen LogP contribution in [0.25, 0.3) is 17.3 Å². The highest BCUT2D eigenvalue weighted by Gasteiger charge is 2.19. The largest absolute Gasteiger partial charge is 0.367 e. The van der Waals surface area contributed by atoms with Gasteiger partial charge in [0.05, 0.1) is 5.69 Å². The number of nitrogens with zero attached hydrogens (tertiary/aromatic N) is 3. The third-order valence-corrected chi connectivity index (χ3v) is 4.90. The van der Waals surface area contributed by atoms with Gasteiger partial charge in [0.2, 0.25) is 0 Å². The number of nitrogens with one attached hydrogen (secondary N) is 1. The molecule has 1 fully saturated rings. The van der Waals surface area contributed by atoms with E-state index in [2.05, 4.69) is 47.3 Å². The first-order valence-corrected chi connectivity index (χ1v) is 9.35. The van der Waals surface area contributed by atoms with Crippen LogP contribution in [0.3, 0.4) is 0 Å². The Morgan fingerprint density at radius 1 is 1.32 bits per heavy atom. The van der Waals surface area contributed by atoms with E-state index in [4.69, 9.17) is 5.10 Å². The SMILES string of the molecule is CCCc1nn2c(c1-c1ccnc(NC3CCCC3)c1)C#CCC=C2. The van der Waals surface area contributed by atoms with Crippen molar-refractivity contribution in [2.75, 3.05) is 5.32 Å². The molecule has 1 N–H and O–H groups in total. The zero-order valence-electron chi connectivity index (χ0n) is 14.8. The predicted octanol–water partition coefficient (Wildman–Crippen LogP) is 4.48.